The number of carbonyl (C=O) groups is 2. The summed E-state index contributed by atoms with van der Waals surface area (Å²) in [5.41, 5.74) is 1.93. The minimum Gasteiger partial charge on any atom is -0.870 e. The number of methoxy groups -OCH3 is 1. The molecular weight excluding hydrogens is 765 g/mol. The normalized spacial score (nSPS) is 9.32. The molecule has 44 heavy (non-hydrogen) atoms. The molecule has 0 aliphatic heterocycles. The second-order valence-corrected chi connectivity index (χ2v) is 10.5. The van der Waals surface area contributed by atoms with E-state index in [1.54, 1.807) is 35.4 Å². The summed E-state index contributed by atoms with van der Waals surface area (Å²) in [6, 6.07) is 11.0. The maximum absolute atomic E-state index is 11.3. The number of rotatable bonds is 4. The zero-order valence-corrected chi connectivity index (χ0v) is 27.6. The maximum atomic E-state index is 11.3. The number of esters is 1. The number of ether oxygens (including phenoxy) is 1. The molecule has 0 spiro atoms. The fourth-order valence-electron chi connectivity index (χ4n) is 2.94. The third-order valence-electron chi connectivity index (χ3n) is 4.69. The number of fused-ring (bicyclic) bond motifs is 2. The molecule has 0 bridgehead atoms. The van der Waals surface area contributed by atoms with Gasteiger partial charge in [-0.1, -0.05) is 14.9 Å². The van der Waals surface area contributed by atoms with Gasteiger partial charge < -0.3 is 25.7 Å². The Morgan fingerprint density at radius 1 is 0.841 bits per heavy atom. The number of pyridine rings is 3. The first-order chi connectivity index (χ1) is 18.6. The van der Waals surface area contributed by atoms with Crippen molar-refractivity contribution in [3.63, 3.8) is 0 Å². The number of carboxylic acid groups (broad SMARTS) is 1. The number of carbonyl (C=O) groups excluding carboxylic acids is 1. The molecule has 0 aliphatic carbocycles. The summed E-state index contributed by atoms with van der Waals surface area (Å²) in [5, 5.41) is 8.79. The number of imidazole rings is 2. The molecule has 234 valence electrons. The van der Waals surface area contributed by atoms with E-state index < -0.39 is 11.9 Å². The Bertz CT molecular complexity index is 1630. The Hall–Kier alpha value is -3.10. The minimum atomic E-state index is -0.981. The van der Waals surface area contributed by atoms with Gasteiger partial charge >= 0.3 is 30.8 Å². The average Bonchev–Trinajstić information content (AvgIpc) is 3.52. The van der Waals surface area contributed by atoms with E-state index in [4.69, 9.17) is 5.11 Å². The van der Waals surface area contributed by atoms with E-state index in [9.17, 15) is 9.59 Å². The Balaban J connectivity index is -0.000000544. The summed E-state index contributed by atoms with van der Waals surface area (Å²) in [6.45, 7) is 0. The van der Waals surface area contributed by atoms with Crippen LogP contribution < -0.4 is 18.9 Å². The van der Waals surface area contributed by atoms with Crippen molar-refractivity contribution in [1.82, 2.24) is 28.7 Å². The van der Waals surface area contributed by atoms with E-state index >= 15 is 0 Å². The molecule has 17 heteroatoms. The largest absolute Gasteiger partial charge is 1.00 e. The first-order valence-electron chi connectivity index (χ1n) is 11.0. The number of nitrogens with zero attached hydrogens (tertiary/aromatic N) is 7. The second kappa shape index (κ2) is 21.6. The van der Waals surface area contributed by atoms with Crippen molar-refractivity contribution >= 4 is 83.2 Å². The second-order valence-electron chi connectivity index (χ2n) is 7.78. The summed E-state index contributed by atoms with van der Waals surface area (Å²) in [7, 11) is 5.18. The Labute approximate surface area is 292 Å². The fraction of sp³-hybridized carbons (Fsp3) is 0.185. The van der Waals surface area contributed by atoms with Gasteiger partial charge in [-0.15, -0.1) is 0 Å². The summed E-state index contributed by atoms with van der Waals surface area (Å²) in [6.07, 6.45) is 9.72. The van der Waals surface area contributed by atoms with E-state index in [2.05, 4.69) is 72.5 Å². The van der Waals surface area contributed by atoms with Gasteiger partial charge in [0.25, 0.3) is 0 Å². The van der Waals surface area contributed by atoms with Crippen LogP contribution in [0.1, 0.15) is 35.8 Å². The van der Waals surface area contributed by atoms with Gasteiger partial charge in [-0.25, -0.2) is 29.5 Å². The molecule has 0 unspecified atom stereocenters. The average molecular weight is 798 g/mol. The zero-order valence-electron chi connectivity index (χ0n) is 22.8. The third-order valence-corrected chi connectivity index (χ3v) is 6.09. The van der Waals surface area contributed by atoms with Gasteiger partial charge in [-0.2, -0.15) is 0 Å². The SMILES string of the molecule is C.C.CN(C)C=Nc1ccc(Br)cn1.COC(=O)c1cnc2ccc(Br)cn12.O.O=C(O)c1cnc2ccc(Br)cn12.[Li+].[OH-]. The smallest absolute Gasteiger partial charge is 0.870 e. The van der Waals surface area contributed by atoms with Crippen molar-refractivity contribution < 1.29 is 49.2 Å². The van der Waals surface area contributed by atoms with E-state index in [1.165, 1.54) is 23.9 Å². The molecule has 5 aromatic heterocycles. The first kappa shape index (κ1) is 45.3. The van der Waals surface area contributed by atoms with E-state index in [0.29, 0.717) is 22.8 Å². The molecule has 0 aliphatic rings. The van der Waals surface area contributed by atoms with Gasteiger partial charge in [0, 0.05) is 46.1 Å². The molecule has 0 fully saturated rings. The maximum Gasteiger partial charge on any atom is 1.00 e. The Morgan fingerprint density at radius 3 is 1.75 bits per heavy atom. The zero-order chi connectivity index (χ0) is 28.5. The van der Waals surface area contributed by atoms with Crippen LogP contribution in [0.4, 0.5) is 5.82 Å². The molecule has 0 saturated carbocycles. The van der Waals surface area contributed by atoms with Crippen molar-refractivity contribution in [2.45, 2.75) is 14.9 Å². The van der Waals surface area contributed by atoms with Crippen LogP contribution in [0.15, 0.2) is 85.8 Å². The number of hydrogen-bond acceptors (Lipinski definition) is 8. The van der Waals surface area contributed by atoms with E-state index in [1.807, 2.05) is 49.3 Å². The summed E-state index contributed by atoms with van der Waals surface area (Å²) >= 11 is 9.88. The molecule has 0 saturated heterocycles. The standard InChI is InChI=1S/C9H7BrN2O2.C8H10BrN3.C8H5BrN2O2.2CH4.Li.2H2O/c1-14-9(13)7-4-11-8-3-2-6(10)5-12(7)8;1-12(2)6-11-8-4-3-7(9)5-10-8;9-5-1-2-7-10-3-6(8(12)13)11(7)4-5;;;;;/h2-5H,1H3;3-6H,1-2H3;1-4H,(H,12,13);2*1H4;;2*1H2/q;;;;;+1;;/p-1. The van der Waals surface area contributed by atoms with Gasteiger partial charge in [0.2, 0.25) is 0 Å². The van der Waals surface area contributed by atoms with Crippen LogP contribution in [0, 0.1) is 0 Å². The third kappa shape index (κ3) is 12.9. The molecule has 0 aromatic carbocycles. The minimum absolute atomic E-state index is 0. The monoisotopic (exact) mass is 795 g/mol. The van der Waals surface area contributed by atoms with Crippen LogP contribution >= 0.6 is 47.8 Å². The molecular formula is C27H33Br3LiN7O6. The van der Waals surface area contributed by atoms with Crippen LogP contribution in [0.3, 0.4) is 0 Å². The number of aromatic carboxylic acids is 1. The quantitative estimate of drug-likeness (QED) is 0.123. The van der Waals surface area contributed by atoms with Gasteiger partial charge in [0.1, 0.15) is 11.3 Å². The predicted octanol–water partition coefficient (Wildman–Crippen LogP) is 3.02. The molecule has 0 radical (unpaired) electrons. The van der Waals surface area contributed by atoms with Crippen LogP contribution in [0.5, 0.6) is 0 Å². The van der Waals surface area contributed by atoms with Crippen molar-refractivity contribution in [3.05, 3.63) is 92.2 Å². The van der Waals surface area contributed by atoms with Crippen LogP contribution in [-0.2, 0) is 4.74 Å². The first-order valence-corrected chi connectivity index (χ1v) is 13.4. The number of hydrogen-bond donors (Lipinski definition) is 1. The van der Waals surface area contributed by atoms with Gasteiger partial charge in [-0.3, -0.25) is 8.80 Å². The van der Waals surface area contributed by atoms with E-state index in [0.717, 1.165) is 13.4 Å². The fourth-order valence-corrected chi connectivity index (χ4v) is 3.85. The number of aliphatic imine (C=N–C) groups is 1. The van der Waals surface area contributed by atoms with Crippen molar-refractivity contribution in [1.29, 1.82) is 0 Å². The van der Waals surface area contributed by atoms with Crippen molar-refractivity contribution in [2.24, 2.45) is 4.99 Å². The predicted molar refractivity (Wildman–Crippen MR) is 177 cm³/mol. The van der Waals surface area contributed by atoms with Crippen molar-refractivity contribution in [3.8, 4) is 0 Å². The summed E-state index contributed by atoms with van der Waals surface area (Å²) in [5.74, 6) is -0.659. The van der Waals surface area contributed by atoms with E-state index in [-0.39, 0.29) is 50.4 Å². The molecule has 4 N–H and O–H groups in total. The molecule has 0 amide bonds. The Kier molecular flexibility index (Phi) is 22.2. The summed E-state index contributed by atoms with van der Waals surface area (Å²) < 4.78 is 10.5. The van der Waals surface area contributed by atoms with Crippen LogP contribution in [0.25, 0.3) is 11.3 Å². The molecule has 5 rings (SSSR count). The molecule has 5 heterocycles. The van der Waals surface area contributed by atoms with Crippen LogP contribution in [-0.4, -0.2) is 84.2 Å². The Morgan fingerprint density at radius 2 is 1.32 bits per heavy atom. The molecule has 0 atom stereocenters. The summed E-state index contributed by atoms with van der Waals surface area (Å²) in [4.78, 5) is 40.1. The topological polar surface area (TPSA) is 188 Å². The number of carboxylic acids is 1. The number of aromatic nitrogens is 5. The van der Waals surface area contributed by atoms with Gasteiger partial charge in [0.15, 0.2) is 17.2 Å². The number of halogens is 3. The van der Waals surface area contributed by atoms with Gasteiger partial charge in [-0.05, 0) is 84.2 Å². The molecule has 13 nitrogen and oxygen atoms in total. The van der Waals surface area contributed by atoms with Crippen LogP contribution in [0.2, 0.25) is 0 Å². The molecule has 5 aromatic rings. The van der Waals surface area contributed by atoms with Crippen molar-refractivity contribution in [2.75, 3.05) is 21.2 Å². The van der Waals surface area contributed by atoms with Gasteiger partial charge in [0.05, 0.1) is 25.8 Å².